The summed E-state index contributed by atoms with van der Waals surface area (Å²) in [5.74, 6) is 0.233. The van der Waals surface area contributed by atoms with Crippen LogP contribution in [-0.2, 0) is 27.3 Å². The summed E-state index contributed by atoms with van der Waals surface area (Å²) in [6.45, 7) is 9.34. The fourth-order valence-corrected chi connectivity index (χ4v) is 3.07. The first-order chi connectivity index (χ1) is 14.1. The molecule has 0 radical (unpaired) electrons. The first-order valence-electron chi connectivity index (χ1n) is 9.93. The van der Waals surface area contributed by atoms with Crippen molar-refractivity contribution in [2.24, 2.45) is 0 Å². The Bertz CT molecular complexity index is 848. The minimum absolute atomic E-state index is 0.132. The quantitative estimate of drug-likeness (QED) is 0.677. The zero-order valence-corrected chi connectivity index (χ0v) is 18.6. The molecule has 0 bridgehead atoms. The van der Waals surface area contributed by atoms with E-state index in [1.807, 2.05) is 56.3 Å². The molecule has 0 aliphatic carbocycles. The van der Waals surface area contributed by atoms with Crippen molar-refractivity contribution >= 4 is 12.1 Å². The molecule has 162 valence electrons. The number of alkyl carbamates (subject to hydrolysis) is 1. The van der Waals surface area contributed by atoms with E-state index in [0.29, 0.717) is 0 Å². The number of hydrogen-bond donors (Lipinski definition) is 1. The summed E-state index contributed by atoms with van der Waals surface area (Å²) in [4.78, 5) is 25.2. The summed E-state index contributed by atoms with van der Waals surface area (Å²) >= 11 is 0. The van der Waals surface area contributed by atoms with Gasteiger partial charge in [0.25, 0.3) is 0 Å². The van der Waals surface area contributed by atoms with Crippen molar-refractivity contribution in [3.05, 3.63) is 64.7 Å². The number of amides is 1. The number of carbonyl (C=O) groups excluding carboxylic acids is 2. The zero-order chi connectivity index (χ0) is 22.3. The summed E-state index contributed by atoms with van der Waals surface area (Å²) in [5.41, 5.74) is 3.10. The first-order valence-corrected chi connectivity index (χ1v) is 9.93. The minimum Gasteiger partial charge on any atom is -0.497 e. The van der Waals surface area contributed by atoms with E-state index >= 15 is 0 Å². The molecule has 0 aliphatic rings. The van der Waals surface area contributed by atoms with Crippen molar-refractivity contribution in [2.75, 3.05) is 7.11 Å². The SMILES string of the molecule is COc1cc(C)c(C[C@H](NC(=O)OC(C)(C)C)C(=O)OCc2ccccc2)c(C)c1. The van der Waals surface area contributed by atoms with Crippen LogP contribution in [0.15, 0.2) is 42.5 Å². The maximum Gasteiger partial charge on any atom is 0.408 e. The second-order valence-corrected chi connectivity index (χ2v) is 8.24. The summed E-state index contributed by atoms with van der Waals surface area (Å²) < 4.78 is 16.1. The number of benzene rings is 2. The molecule has 2 aromatic carbocycles. The van der Waals surface area contributed by atoms with Gasteiger partial charge in [0.15, 0.2) is 0 Å². The average Bonchev–Trinajstić information content (AvgIpc) is 2.67. The summed E-state index contributed by atoms with van der Waals surface area (Å²) in [6, 6.07) is 12.3. The molecule has 0 saturated heterocycles. The lowest BCUT2D eigenvalue weighted by molar-refractivity contribution is -0.147. The lowest BCUT2D eigenvalue weighted by Gasteiger charge is -2.24. The van der Waals surface area contributed by atoms with Gasteiger partial charge in [0.1, 0.15) is 24.0 Å². The third kappa shape index (κ3) is 7.10. The average molecular weight is 414 g/mol. The molecule has 1 amide bonds. The third-order valence-electron chi connectivity index (χ3n) is 4.51. The lowest BCUT2D eigenvalue weighted by atomic mass is 9.96. The molecule has 0 unspecified atom stereocenters. The Balaban J connectivity index is 2.20. The Morgan fingerprint density at radius 2 is 1.63 bits per heavy atom. The smallest absolute Gasteiger partial charge is 0.408 e. The van der Waals surface area contributed by atoms with E-state index in [1.54, 1.807) is 27.9 Å². The molecule has 30 heavy (non-hydrogen) atoms. The molecular formula is C24H31NO5. The van der Waals surface area contributed by atoms with Gasteiger partial charge >= 0.3 is 12.1 Å². The van der Waals surface area contributed by atoms with Gasteiger partial charge < -0.3 is 19.5 Å². The van der Waals surface area contributed by atoms with Gasteiger partial charge in [0, 0.05) is 6.42 Å². The van der Waals surface area contributed by atoms with Crippen molar-refractivity contribution in [3.8, 4) is 5.75 Å². The Morgan fingerprint density at radius 1 is 1.03 bits per heavy atom. The summed E-state index contributed by atoms with van der Waals surface area (Å²) in [6.07, 6.45) is -0.373. The van der Waals surface area contributed by atoms with Crippen LogP contribution in [0.2, 0.25) is 0 Å². The molecule has 2 rings (SSSR count). The van der Waals surface area contributed by atoms with E-state index in [0.717, 1.165) is 28.0 Å². The number of ether oxygens (including phenoxy) is 3. The van der Waals surface area contributed by atoms with Crippen molar-refractivity contribution in [1.82, 2.24) is 5.32 Å². The van der Waals surface area contributed by atoms with E-state index in [1.165, 1.54) is 0 Å². The van der Waals surface area contributed by atoms with Crippen LogP contribution in [0.25, 0.3) is 0 Å². The van der Waals surface area contributed by atoms with E-state index in [2.05, 4.69) is 5.32 Å². The number of methoxy groups -OCH3 is 1. The highest BCUT2D eigenvalue weighted by atomic mass is 16.6. The van der Waals surface area contributed by atoms with Crippen LogP contribution in [0.4, 0.5) is 4.79 Å². The molecule has 0 saturated carbocycles. The van der Waals surface area contributed by atoms with Gasteiger partial charge in [0.05, 0.1) is 7.11 Å². The fourth-order valence-electron chi connectivity index (χ4n) is 3.07. The maximum absolute atomic E-state index is 12.9. The molecule has 0 fully saturated rings. The molecule has 0 aromatic heterocycles. The predicted octanol–water partition coefficient (Wildman–Crippen LogP) is 4.49. The molecule has 6 nitrogen and oxygen atoms in total. The number of nitrogens with one attached hydrogen (secondary N) is 1. The summed E-state index contributed by atoms with van der Waals surface area (Å²) in [7, 11) is 1.61. The summed E-state index contributed by atoms with van der Waals surface area (Å²) in [5, 5.41) is 2.67. The van der Waals surface area contributed by atoms with Crippen LogP contribution in [0, 0.1) is 13.8 Å². The van der Waals surface area contributed by atoms with Gasteiger partial charge in [-0.15, -0.1) is 0 Å². The fraction of sp³-hybridized carbons (Fsp3) is 0.417. The number of carbonyl (C=O) groups is 2. The van der Waals surface area contributed by atoms with Crippen LogP contribution in [-0.4, -0.2) is 30.8 Å². The van der Waals surface area contributed by atoms with Crippen LogP contribution in [0.5, 0.6) is 5.75 Å². The molecular weight excluding hydrogens is 382 g/mol. The van der Waals surface area contributed by atoms with Crippen LogP contribution >= 0.6 is 0 Å². The minimum atomic E-state index is -0.880. The number of hydrogen-bond acceptors (Lipinski definition) is 5. The van der Waals surface area contributed by atoms with Gasteiger partial charge in [-0.05, 0) is 69.0 Å². The van der Waals surface area contributed by atoms with E-state index in [-0.39, 0.29) is 13.0 Å². The monoisotopic (exact) mass is 413 g/mol. The Kier molecular flexibility index (Phi) is 7.86. The number of aryl methyl sites for hydroxylation is 2. The topological polar surface area (TPSA) is 73.9 Å². The predicted molar refractivity (Wildman–Crippen MR) is 116 cm³/mol. The highest BCUT2D eigenvalue weighted by Gasteiger charge is 2.27. The van der Waals surface area contributed by atoms with Crippen LogP contribution in [0.3, 0.4) is 0 Å². The van der Waals surface area contributed by atoms with Gasteiger partial charge in [-0.25, -0.2) is 9.59 Å². The van der Waals surface area contributed by atoms with Gasteiger partial charge in [-0.1, -0.05) is 30.3 Å². The van der Waals surface area contributed by atoms with Crippen molar-refractivity contribution in [1.29, 1.82) is 0 Å². The van der Waals surface area contributed by atoms with Gasteiger partial charge in [-0.3, -0.25) is 0 Å². The second kappa shape index (κ2) is 10.1. The molecule has 6 heteroatoms. The third-order valence-corrected chi connectivity index (χ3v) is 4.51. The Morgan fingerprint density at radius 3 is 2.17 bits per heavy atom. The molecule has 2 aromatic rings. The molecule has 0 aliphatic heterocycles. The Hall–Kier alpha value is -3.02. The zero-order valence-electron chi connectivity index (χ0n) is 18.6. The van der Waals surface area contributed by atoms with Crippen molar-refractivity contribution in [3.63, 3.8) is 0 Å². The standard InChI is InChI=1S/C24H31NO5/c1-16-12-19(28-6)13-17(2)20(16)14-21(25-23(27)30-24(3,4)5)22(26)29-15-18-10-8-7-9-11-18/h7-13,21H,14-15H2,1-6H3,(H,25,27)/t21-/m0/s1. The van der Waals surface area contributed by atoms with Crippen molar-refractivity contribution in [2.45, 2.75) is 59.3 Å². The van der Waals surface area contributed by atoms with E-state index in [4.69, 9.17) is 14.2 Å². The van der Waals surface area contributed by atoms with Crippen LogP contribution < -0.4 is 10.1 Å². The normalized spacial score (nSPS) is 12.1. The molecule has 1 atom stereocenters. The molecule has 0 spiro atoms. The maximum atomic E-state index is 12.9. The lowest BCUT2D eigenvalue weighted by Crippen LogP contribution is -2.45. The highest BCUT2D eigenvalue weighted by molar-refractivity contribution is 5.82. The van der Waals surface area contributed by atoms with Crippen LogP contribution in [0.1, 0.15) is 43.0 Å². The highest BCUT2D eigenvalue weighted by Crippen LogP contribution is 2.23. The van der Waals surface area contributed by atoms with Gasteiger partial charge in [0.2, 0.25) is 0 Å². The van der Waals surface area contributed by atoms with E-state index in [9.17, 15) is 9.59 Å². The van der Waals surface area contributed by atoms with E-state index < -0.39 is 23.7 Å². The van der Waals surface area contributed by atoms with Crippen molar-refractivity contribution < 1.29 is 23.8 Å². The second-order valence-electron chi connectivity index (χ2n) is 8.24. The number of esters is 1. The molecule has 1 N–H and O–H groups in total. The largest absolute Gasteiger partial charge is 0.497 e. The molecule has 0 heterocycles. The van der Waals surface area contributed by atoms with Gasteiger partial charge in [-0.2, -0.15) is 0 Å². The first kappa shape index (κ1) is 23.3. The Labute approximate surface area is 178 Å². The number of rotatable bonds is 7.